The molecule has 0 aliphatic rings. The molecule has 1 aromatic heterocycles. The minimum absolute atomic E-state index is 0.103. The number of benzene rings is 1. The van der Waals surface area contributed by atoms with Gasteiger partial charge in [-0.3, -0.25) is 4.79 Å². The number of carbonyl (C=O) groups excluding carboxylic acids is 1. The third-order valence-corrected chi connectivity index (χ3v) is 2.89. The first-order chi connectivity index (χ1) is 10.2. The molecule has 1 amide bonds. The van der Waals surface area contributed by atoms with Crippen LogP contribution in [-0.2, 0) is 6.54 Å². The van der Waals surface area contributed by atoms with Crippen molar-refractivity contribution in [3.8, 4) is 0 Å². The second kappa shape index (κ2) is 7.09. The van der Waals surface area contributed by atoms with Crippen LogP contribution in [0.1, 0.15) is 15.9 Å². The van der Waals surface area contributed by atoms with Crippen LogP contribution in [0.5, 0.6) is 0 Å². The Labute approximate surface area is 124 Å². The molecule has 2 N–H and O–H groups in total. The fraction of sp³-hybridized carbons (Fsp3) is 0.125. The van der Waals surface area contributed by atoms with Gasteiger partial charge >= 0.3 is 0 Å². The zero-order chi connectivity index (χ0) is 15.1. The summed E-state index contributed by atoms with van der Waals surface area (Å²) in [6.07, 6.45) is 6.97. The summed E-state index contributed by atoms with van der Waals surface area (Å²) in [6, 6.07) is 7.32. The van der Waals surface area contributed by atoms with Gasteiger partial charge in [0.15, 0.2) is 0 Å². The molecule has 0 bridgehead atoms. The van der Waals surface area contributed by atoms with Crippen molar-refractivity contribution in [3.05, 3.63) is 67.0 Å². The van der Waals surface area contributed by atoms with Crippen LogP contribution in [0.4, 0.5) is 5.69 Å². The molecule has 1 heterocycles. The molecule has 0 aliphatic carbocycles. The minimum atomic E-state index is -0.103. The molecule has 108 valence electrons. The third kappa shape index (κ3) is 4.07. The van der Waals surface area contributed by atoms with Gasteiger partial charge in [0.05, 0.1) is 6.20 Å². The van der Waals surface area contributed by atoms with Crippen LogP contribution in [-0.4, -0.2) is 22.2 Å². The average Bonchev–Trinajstić information content (AvgIpc) is 2.99. The highest BCUT2D eigenvalue weighted by Crippen LogP contribution is 2.11. The van der Waals surface area contributed by atoms with Gasteiger partial charge in [0.25, 0.3) is 5.91 Å². The zero-order valence-electron chi connectivity index (χ0n) is 11.7. The number of rotatable bonds is 7. The Morgan fingerprint density at radius 2 is 2.05 bits per heavy atom. The van der Waals surface area contributed by atoms with Crippen LogP contribution in [0.2, 0.25) is 0 Å². The van der Waals surface area contributed by atoms with Crippen molar-refractivity contribution < 1.29 is 4.79 Å². The van der Waals surface area contributed by atoms with E-state index in [-0.39, 0.29) is 5.91 Å². The molecule has 5 heteroatoms. The van der Waals surface area contributed by atoms with E-state index in [1.54, 1.807) is 35.3 Å². The van der Waals surface area contributed by atoms with Crippen molar-refractivity contribution in [2.24, 2.45) is 0 Å². The molecule has 5 nitrogen and oxygen atoms in total. The summed E-state index contributed by atoms with van der Waals surface area (Å²) in [6.45, 7) is 8.34. The normalized spacial score (nSPS) is 9.90. The molecule has 0 fully saturated rings. The standard InChI is InChI=1S/C16H18N4O/c1-3-9-17-16(21)14-5-7-15(8-6-14)18-10-13-11-19-20(4-2)12-13/h3-8,11-12,18H,1-2,9-10H2,(H,17,21). The van der Waals surface area contributed by atoms with Gasteiger partial charge in [-0.2, -0.15) is 5.10 Å². The van der Waals surface area contributed by atoms with Crippen molar-refractivity contribution in [2.75, 3.05) is 11.9 Å². The molecule has 2 rings (SSSR count). The van der Waals surface area contributed by atoms with E-state index >= 15 is 0 Å². The van der Waals surface area contributed by atoms with Crippen LogP contribution in [0.3, 0.4) is 0 Å². The van der Waals surface area contributed by atoms with Gasteiger partial charge < -0.3 is 10.6 Å². The van der Waals surface area contributed by atoms with Crippen LogP contribution in [0.15, 0.2) is 55.9 Å². The van der Waals surface area contributed by atoms with Gasteiger partial charge in [-0.1, -0.05) is 12.7 Å². The van der Waals surface area contributed by atoms with Crippen LogP contribution >= 0.6 is 0 Å². The summed E-state index contributed by atoms with van der Waals surface area (Å²) in [5, 5.41) is 10.1. The van der Waals surface area contributed by atoms with Crippen molar-refractivity contribution in [3.63, 3.8) is 0 Å². The lowest BCUT2D eigenvalue weighted by Gasteiger charge is -2.06. The number of hydrogen-bond donors (Lipinski definition) is 2. The molecule has 1 aromatic carbocycles. The second-order valence-corrected chi connectivity index (χ2v) is 4.44. The topological polar surface area (TPSA) is 59.0 Å². The highest BCUT2D eigenvalue weighted by atomic mass is 16.1. The highest BCUT2D eigenvalue weighted by Gasteiger charge is 2.03. The fourth-order valence-corrected chi connectivity index (χ4v) is 1.78. The van der Waals surface area contributed by atoms with Gasteiger partial charge in [0, 0.05) is 42.3 Å². The average molecular weight is 282 g/mol. The third-order valence-electron chi connectivity index (χ3n) is 2.89. The van der Waals surface area contributed by atoms with Crippen molar-refractivity contribution in [1.29, 1.82) is 0 Å². The Morgan fingerprint density at radius 1 is 1.29 bits per heavy atom. The maximum atomic E-state index is 11.7. The van der Waals surface area contributed by atoms with Gasteiger partial charge in [-0.25, -0.2) is 4.68 Å². The number of nitrogens with zero attached hydrogens (tertiary/aromatic N) is 2. The molecule has 0 unspecified atom stereocenters. The largest absolute Gasteiger partial charge is 0.381 e. The van der Waals surface area contributed by atoms with E-state index in [2.05, 4.69) is 28.9 Å². The molecular formula is C16H18N4O. The van der Waals surface area contributed by atoms with Crippen molar-refractivity contribution in [2.45, 2.75) is 6.54 Å². The first-order valence-electron chi connectivity index (χ1n) is 6.61. The number of aromatic nitrogens is 2. The lowest BCUT2D eigenvalue weighted by Crippen LogP contribution is -2.23. The molecule has 2 aromatic rings. The molecule has 0 spiro atoms. The minimum Gasteiger partial charge on any atom is -0.381 e. The van der Waals surface area contributed by atoms with E-state index in [0.29, 0.717) is 18.7 Å². The van der Waals surface area contributed by atoms with E-state index in [1.807, 2.05) is 18.3 Å². The summed E-state index contributed by atoms with van der Waals surface area (Å²) >= 11 is 0. The van der Waals surface area contributed by atoms with Crippen LogP contribution < -0.4 is 10.6 Å². The Balaban J connectivity index is 1.91. The summed E-state index contributed by atoms with van der Waals surface area (Å²) < 4.78 is 1.66. The first-order valence-corrected chi connectivity index (χ1v) is 6.61. The number of anilines is 1. The molecule has 21 heavy (non-hydrogen) atoms. The Bertz CT molecular complexity index is 628. The number of nitrogens with one attached hydrogen (secondary N) is 2. The van der Waals surface area contributed by atoms with Gasteiger partial charge in [-0.05, 0) is 24.3 Å². The molecular weight excluding hydrogens is 264 g/mol. The Morgan fingerprint density at radius 3 is 2.67 bits per heavy atom. The summed E-state index contributed by atoms with van der Waals surface area (Å²) in [4.78, 5) is 11.7. The summed E-state index contributed by atoms with van der Waals surface area (Å²) in [7, 11) is 0. The maximum absolute atomic E-state index is 11.7. The summed E-state index contributed by atoms with van der Waals surface area (Å²) in [5.41, 5.74) is 2.63. The van der Waals surface area contributed by atoms with E-state index in [0.717, 1.165) is 11.3 Å². The smallest absolute Gasteiger partial charge is 0.251 e. The number of amides is 1. The molecule has 0 saturated carbocycles. The lowest BCUT2D eigenvalue weighted by atomic mass is 10.2. The van der Waals surface area contributed by atoms with Crippen molar-refractivity contribution >= 4 is 17.8 Å². The zero-order valence-corrected chi connectivity index (χ0v) is 11.7. The number of carbonyl (C=O) groups is 1. The fourth-order valence-electron chi connectivity index (χ4n) is 1.78. The van der Waals surface area contributed by atoms with Gasteiger partial charge in [0.2, 0.25) is 0 Å². The van der Waals surface area contributed by atoms with Gasteiger partial charge in [0.1, 0.15) is 0 Å². The van der Waals surface area contributed by atoms with Crippen LogP contribution in [0, 0.1) is 0 Å². The predicted molar refractivity (Wildman–Crippen MR) is 84.9 cm³/mol. The highest BCUT2D eigenvalue weighted by molar-refractivity contribution is 5.94. The van der Waals surface area contributed by atoms with E-state index in [1.165, 1.54) is 0 Å². The van der Waals surface area contributed by atoms with Gasteiger partial charge in [-0.15, -0.1) is 6.58 Å². The second-order valence-electron chi connectivity index (χ2n) is 4.44. The molecule has 0 atom stereocenters. The van der Waals surface area contributed by atoms with Crippen molar-refractivity contribution in [1.82, 2.24) is 15.1 Å². The van der Waals surface area contributed by atoms with E-state index in [9.17, 15) is 4.79 Å². The first kappa shape index (κ1) is 14.6. The SMILES string of the molecule is C=CCNC(=O)c1ccc(NCc2cnn(C=C)c2)cc1. The summed E-state index contributed by atoms with van der Waals surface area (Å²) in [5.74, 6) is -0.103. The van der Waals surface area contributed by atoms with E-state index < -0.39 is 0 Å². The Kier molecular flexibility index (Phi) is 4.93. The Hall–Kier alpha value is -2.82. The molecule has 0 radical (unpaired) electrons. The lowest BCUT2D eigenvalue weighted by molar-refractivity contribution is 0.0958. The maximum Gasteiger partial charge on any atom is 0.251 e. The molecule has 0 saturated heterocycles. The predicted octanol–water partition coefficient (Wildman–Crippen LogP) is 2.51. The quantitative estimate of drug-likeness (QED) is 0.767. The molecule has 0 aliphatic heterocycles. The van der Waals surface area contributed by atoms with Crippen LogP contribution in [0.25, 0.3) is 6.20 Å². The monoisotopic (exact) mass is 282 g/mol. The van der Waals surface area contributed by atoms with E-state index in [4.69, 9.17) is 0 Å². The number of hydrogen-bond acceptors (Lipinski definition) is 3.